The molecule has 0 unspecified atom stereocenters. The van der Waals surface area contributed by atoms with Gasteiger partial charge in [0.15, 0.2) is 0 Å². The molecule has 0 aromatic carbocycles. The maximum Gasteiger partial charge on any atom is 0.631 e. The van der Waals surface area contributed by atoms with Gasteiger partial charge in [-0.25, -0.2) is 0 Å². The fourth-order valence-electron chi connectivity index (χ4n) is 0. The summed E-state index contributed by atoms with van der Waals surface area (Å²) in [7, 11) is -2.17. The van der Waals surface area contributed by atoms with Crippen LogP contribution in [-0.4, -0.2) is 34.0 Å². The minimum Gasteiger partial charge on any atom is -0.665 e. The molecule has 0 aromatic heterocycles. The maximum atomic E-state index is 8.24. The van der Waals surface area contributed by atoms with Crippen LogP contribution in [0.3, 0.4) is 0 Å². The van der Waals surface area contributed by atoms with E-state index in [0.717, 1.165) is 0 Å². The summed E-state index contributed by atoms with van der Waals surface area (Å²) in [5.41, 5.74) is 0. The summed E-state index contributed by atoms with van der Waals surface area (Å²) in [5.74, 6) is 0. The van der Waals surface area contributed by atoms with Crippen LogP contribution >= 0.6 is 0 Å². The van der Waals surface area contributed by atoms with Gasteiger partial charge in [0.25, 0.3) is 0 Å². The Hall–Kier alpha value is -0.0916. The van der Waals surface area contributed by atoms with E-state index in [9.17, 15) is 0 Å². The number of hydrogen-bond donors (Lipinski definition) is 4. The molecule has 0 rings (SSSR count). The van der Waals surface area contributed by atoms with Gasteiger partial charge in [-0.05, 0) is 0 Å². The third kappa shape index (κ3) is 17000. The molecule has 4 N–H and O–H groups in total. The monoisotopic (exact) mass is 165 g/mol. The van der Waals surface area contributed by atoms with Crippen LogP contribution in [0.2, 0.25) is 0 Å². The largest absolute Gasteiger partial charge is 0.665 e. The Kier molecular flexibility index (Phi) is 30.9. The van der Waals surface area contributed by atoms with Crippen molar-refractivity contribution in [3.63, 3.8) is 0 Å². The van der Waals surface area contributed by atoms with Crippen LogP contribution in [0.25, 0.3) is 0 Å². The van der Waals surface area contributed by atoms with E-state index in [2.05, 4.69) is 0 Å². The maximum absolute atomic E-state index is 8.24. The quantitative estimate of drug-likeness (QED) is 0.236. The molecule has 0 radical (unpaired) electrons. The van der Waals surface area contributed by atoms with Crippen LogP contribution in [0, 0.1) is 0 Å². The number of hydrogen-bond acceptors (Lipinski definition) is 4. The van der Waals surface area contributed by atoms with Gasteiger partial charge < -0.3 is 25.0 Å². The van der Waals surface area contributed by atoms with E-state index in [0.29, 0.717) is 6.47 Å². The molecule has 0 fully saturated rings. The first-order valence-corrected chi connectivity index (χ1v) is 1.20. The van der Waals surface area contributed by atoms with Crippen molar-refractivity contribution in [3.8, 4) is 0 Å². The fourth-order valence-corrected chi connectivity index (χ4v) is 0. The second kappa shape index (κ2) is 15.8. The van der Waals surface area contributed by atoms with Crippen LogP contribution in [-0.2, 0) is 21.3 Å². The van der Waals surface area contributed by atoms with Crippen LogP contribution in [0.1, 0.15) is 0 Å². The van der Waals surface area contributed by atoms with Gasteiger partial charge in [-0.1, -0.05) is 6.47 Å². The molecule has 5 nitrogen and oxygen atoms in total. The first-order valence-electron chi connectivity index (χ1n) is 1.20. The molecule has 52 valence electrons. The van der Waals surface area contributed by atoms with Crippen molar-refractivity contribution in [2.45, 2.75) is 0 Å². The average Bonchev–Trinajstić information content (AvgIpc) is 1.33. The van der Waals surface area contributed by atoms with Gasteiger partial charge in [0, 0.05) is 16.5 Å². The fraction of sp³-hybridized carbons (Fsp3) is 0. The van der Waals surface area contributed by atoms with E-state index < -0.39 is 7.32 Å². The van der Waals surface area contributed by atoms with Gasteiger partial charge >= 0.3 is 7.32 Å². The SMILES string of the molecule is O=[C-]O.OB(O)O.[Ni]. The van der Waals surface area contributed by atoms with Gasteiger partial charge in [0.2, 0.25) is 0 Å². The van der Waals surface area contributed by atoms with Gasteiger partial charge in [-0.2, -0.15) is 0 Å². The van der Waals surface area contributed by atoms with Crippen molar-refractivity contribution in [1.82, 2.24) is 0 Å². The Balaban J connectivity index is -0.0000000575. The smallest absolute Gasteiger partial charge is 0.631 e. The van der Waals surface area contributed by atoms with Crippen molar-refractivity contribution < 1.29 is 41.5 Å². The molecule has 0 spiro atoms. The molecule has 0 amide bonds. The van der Waals surface area contributed by atoms with Crippen molar-refractivity contribution in [2.24, 2.45) is 0 Å². The van der Waals surface area contributed by atoms with Crippen LogP contribution in [0.5, 0.6) is 0 Å². The third-order valence-corrected chi connectivity index (χ3v) is 0. The minimum absolute atomic E-state index is 0. The summed E-state index contributed by atoms with van der Waals surface area (Å²) < 4.78 is 0. The predicted molar refractivity (Wildman–Crippen MR) is 20.7 cm³/mol. The summed E-state index contributed by atoms with van der Waals surface area (Å²) in [5, 5.41) is 28.3. The molecule has 0 saturated carbocycles. The topological polar surface area (TPSA) is 98.0 Å². The molecule has 0 aliphatic heterocycles. The number of aliphatic hydroxyl groups excluding tert-OH is 1. The van der Waals surface area contributed by atoms with E-state index >= 15 is 0 Å². The van der Waals surface area contributed by atoms with Gasteiger partial charge in [-0.3, -0.25) is 0 Å². The summed E-state index contributed by atoms with van der Waals surface area (Å²) in [6.07, 6.45) is 0. The molecular formula is CH4BNiO5-. The van der Waals surface area contributed by atoms with Crippen molar-refractivity contribution in [1.29, 1.82) is 0 Å². The van der Waals surface area contributed by atoms with Crippen molar-refractivity contribution >= 4 is 13.8 Å². The van der Waals surface area contributed by atoms with Crippen LogP contribution in [0.15, 0.2) is 0 Å². The zero-order chi connectivity index (χ0) is 6.28. The predicted octanol–water partition coefficient (Wildman–Crippen LogP) is -2.44. The summed E-state index contributed by atoms with van der Waals surface area (Å²) in [4.78, 5) is 8.24. The second-order valence-corrected chi connectivity index (χ2v) is 0.438. The van der Waals surface area contributed by atoms with Crippen molar-refractivity contribution in [2.75, 3.05) is 0 Å². The van der Waals surface area contributed by atoms with E-state index in [-0.39, 0.29) is 16.5 Å². The Morgan fingerprint density at radius 3 is 1.25 bits per heavy atom. The Bertz CT molecular complexity index is 36.7. The minimum atomic E-state index is -2.17. The number of rotatable bonds is 0. The Morgan fingerprint density at radius 1 is 1.25 bits per heavy atom. The van der Waals surface area contributed by atoms with Crippen LogP contribution in [0.4, 0.5) is 0 Å². The molecular weight excluding hydrogens is 162 g/mol. The molecule has 0 bridgehead atoms. The average molecular weight is 166 g/mol. The summed E-state index contributed by atoms with van der Waals surface area (Å²) in [6.45, 7) is 0.500. The second-order valence-electron chi connectivity index (χ2n) is 0.438. The molecule has 8 heavy (non-hydrogen) atoms. The standard InChI is InChI=1S/CHO2.BH3O3.Ni/c2-1-3;2-1(3)4;/h(H,2,3);2-4H;/q-1;;. The van der Waals surface area contributed by atoms with E-state index in [1.165, 1.54) is 0 Å². The van der Waals surface area contributed by atoms with E-state index in [4.69, 9.17) is 25.0 Å². The molecule has 0 aliphatic carbocycles. The van der Waals surface area contributed by atoms with E-state index in [1.54, 1.807) is 0 Å². The Morgan fingerprint density at radius 2 is 1.25 bits per heavy atom. The van der Waals surface area contributed by atoms with Crippen LogP contribution < -0.4 is 0 Å². The molecule has 7 heteroatoms. The van der Waals surface area contributed by atoms with Gasteiger partial charge in [0.1, 0.15) is 0 Å². The summed E-state index contributed by atoms with van der Waals surface area (Å²) >= 11 is 0. The third-order valence-electron chi connectivity index (χ3n) is 0. The zero-order valence-electron chi connectivity index (χ0n) is 3.59. The van der Waals surface area contributed by atoms with Crippen molar-refractivity contribution in [3.05, 3.63) is 0 Å². The first-order chi connectivity index (χ1) is 3.15. The molecule has 0 aliphatic rings. The zero-order valence-corrected chi connectivity index (χ0v) is 4.58. The molecule has 0 heterocycles. The molecule has 0 atom stereocenters. The van der Waals surface area contributed by atoms with Gasteiger partial charge in [-0.15, -0.1) is 0 Å². The van der Waals surface area contributed by atoms with E-state index in [1.807, 2.05) is 0 Å². The Labute approximate surface area is 56.1 Å². The normalized spacial score (nSPS) is 4.88. The summed E-state index contributed by atoms with van der Waals surface area (Å²) in [6, 6.07) is 0. The molecule has 0 saturated heterocycles. The molecule has 0 aromatic rings. The van der Waals surface area contributed by atoms with Gasteiger partial charge in [0.05, 0.1) is 0 Å². The first kappa shape index (κ1) is 15.7.